The summed E-state index contributed by atoms with van der Waals surface area (Å²) >= 11 is 0. The summed E-state index contributed by atoms with van der Waals surface area (Å²) < 4.78 is 5.49. The Morgan fingerprint density at radius 3 is 2.45 bits per heavy atom. The van der Waals surface area contributed by atoms with Gasteiger partial charge >= 0.3 is 5.97 Å². The Balaban J connectivity index is 0.00000200. The molecular formula is C16H24ClNO2. The van der Waals surface area contributed by atoms with Crippen molar-refractivity contribution >= 4 is 18.4 Å². The number of benzene rings is 1. The molecule has 20 heavy (non-hydrogen) atoms. The number of rotatable bonds is 5. The fraction of sp³-hybridized carbons (Fsp3) is 0.562. The Morgan fingerprint density at radius 2 is 1.95 bits per heavy atom. The fourth-order valence-electron chi connectivity index (χ4n) is 2.77. The molecule has 1 fully saturated rings. The van der Waals surface area contributed by atoms with E-state index in [1.807, 2.05) is 58.3 Å². The standard InChI is InChI=1S/C16H23NO2.ClH/c1-12(2)19-15(18)16(10-14(16)11-17(3)4)13-8-6-5-7-9-13;/h5-9,12,14H,10-11H2,1-4H3;1H/t14?,16-;/m1./s1. The Morgan fingerprint density at radius 1 is 1.35 bits per heavy atom. The molecule has 1 aromatic carbocycles. The first-order chi connectivity index (χ1) is 8.96. The minimum Gasteiger partial charge on any atom is -0.462 e. The summed E-state index contributed by atoms with van der Waals surface area (Å²) in [6.07, 6.45) is 0.828. The summed E-state index contributed by atoms with van der Waals surface area (Å²) in [6.45, 7) is 4.72. The molecule has 1 saturated carbocycles. The number of esters is 1. The van der Waals surface area contributed by atoms with Gasteiger partial charge in [0.2, 0.25) is 0 Å². The van der Waals surface area contributed by atoms with Crippen LogP contribution in [0.4, 0.5) is 0 Å². The van der Waals surface area contributed by atoms with Crippen molar-refractivity contribution < 1.29 is 9.53 Å². The van der Waals surface area contributed by atoms with Crippen LogP contribution in [0.15, 0.2) is 30.3 Å². The van der Waals surface area contributed by atoms with Gasteiger partial charge in [-0.2, -0.15) is 0 Å². The zero-order chi connectivity index (χ0) is 14.0. The Kier molecular flexibility index (Phi) is 5.60. The van der Waals surface area contributed by atoms with Crippen molar-refractivity contribution in [3.05, 3.63) is 35.9 Å². The number of nitrogens with zero attached hydrogens (tertiary/aromatic N) is 1. The first-order valence-corrected chi connectivity index (χ1v) is 6.88. The molecule has 0 heterocycles. The van der Waals surface area contributed by atoms with Gasteiger partial charge in [0.25, 0.3) is 0 Å². The third-order valence-electron chi connectivity index (χ3n) is 3.69. The zero-order valence-corrected chi connectivity index (χ0v) is 13.4. The van der Waals surface area contributed by atoms with Gasteiger partial charge in [-0.25, -0.2) is 0 Å². The highest BCUT2D eigenvalue weighted by atomic mass is 35.5. The van der Waals surface area contributed by atoms with E-state index in [0.717, 1.165) is 18.5 Å². The van der Waals surface area contributed by atoms with Gasteiger partial charge in [-0.15, -0.1) is 12.4 Å². The van der Waals surface area contributed by atoms with Crippen LogP contribution >= 0.6 is 12.4 Å². The number of hydrogen-bond acceptors (Lipinski definition) is 3. The summed E-state index contributed by atoms with van der Waals surface area (Å²) in [7, 11) is 4.09. The maximum atomic E-state index is 12.5. The topological polar surface area (TPSA) is 29.5 Å². The smallest absolute Gasteiger partial charge is 0.317 e. The van der Waals surface area contributed by atoms with Crippen molar-refractivity contribution in [1.29, 1.82) is 0 Å². The SMILES string of the molecule is CC(C)OC(=O)[C@@]1(c2ccccc2)CC1CN(C)C.Cl. The monoisotopic (exact) mass is 297 g/mol. The molecule has 0 radical (unpaired) electrons. The molecule has 0 amide bonds. The lowest BCUT2D eigenvalue weighted by atomic mass is 9.93. The van der Waals surface area contributed by atoms with Crippen molar-refractivity contribution in [2.24, 2.45) is 5.92 Å². The largest absolute Gasteiger partial charge is 0.462 e. The summed E-state index contributed by atoms with van der Waals surface area (Å²) in [5.74, 6) is 0.289. The molecular weight excluding hydrogens is 274 g/mol. The number of ether oxygens (including phenoxy) is 1. The average Bonchev–Trinajstić information content (AvgIpc) is 3.04. The predicted molar refractivity (Wildman–Crippen MR) is 83.3 cm³/mol. The van der Waals surface area contributed by atoms with Gasteiger partial charge in [-0.05, 0) is 45.8 Å². The highest BCUT2D eigenvalue weighted by Gasteiger charge is 2.62. The molecule has 0 bridgehead atoms. The van der Waals surface area contributed by atoms with E-state index in [9.17, 15) is 4.79 Å². The van der Waals surface area contributed by atoms with Crippen LogP contribution in [0.25, 0.3) is 0 Å². The zero-order valence-electron chi connectivity index (χ0n) is 12.6. The van der Waals surface area contributed by atoms with Crippen molar-refractivity contribution in [2.75, 3.05) is 20.6 Å². The maximum Gasteiger partial charge on any atom is 0.317 e. The lowest BCUT2D eigenvalue weighted by molar-refractivity contribution is -0.151. The average molecular weight is 298 g/mol. The Labute approximate surface area is 127 Å². The molecule has 2 atom stereocenters. The van der Waals surface area contributed by atoms with Gasteiger partial charge in [0.15, 0.2) is 0 Å². The van der Waals surface area contributed by atoms with Crippen LogP contribution in [0.1, 0.15) is 25.8 Å². The third-order valence-corrected chi connectivity index (χ3v) is 3.69. The highest BCUT2D eigenvalue weighted by Crippen LogP contribution is 2.55. The molecule has 0 N–H and O–H groups in total. The van der Waals surface area contributed by atoms with Crippen LogP contribution in [-0.2, 0) is 14.9 Å². The Bertz CT molecular complexity index is 447. The molecule has 0 spiro atoms. The van der Waals surface area contributed by atoms with Crippen LogP contribution in [0.3, 0.4) is 0 Å². The van der Waals surface area contributed by atoms with E-state index in [0.29, 0.717) is 5.92 Å². The van der Waals surface area contributed by atoms with Gasteiger partial charge in [-0.1, -0.05) is 30.3 Å². The summed E-state index contributed by atoms with van der Waals surface area (Å²) in [6, 6.07) is 10.0. The van der Waals surface area contributed by atoms with E-state index in [1.165, 1.54) is 0 Å². The lowest BCUT2D eigenvalue weighted by Gasteiger charge is -2.20. The minimum atomic E-state index is -0.421. The summed E-state index contributed by atoms with van der Waals surface area (Å²) in [5, 5.41) is 0. The number of carbonyl (C=O) groups excluding carboxylic acids is 1. The van der Waals surface area contributed by atoms with E-state index >= 15 is 0 Å². The fourth-order valence-corrected chi connectivity index (χ4v) is 2.77. The van der Waals surface area contributed by atoms with Crippen molar-refractivity contribution in [1.82, 2.24) is 4.90 Å². The molecule has 2 rings (SSSR count). The molecule has 1 aromatic rings. The van der Waals surface area contributed by atoms with Gasteiger partial charge in [0.05, 0.1) is 11.5 Å². The van der Waals surface area contributed by atoms with Crippen LogP contribution in [0, 0.1) is 5.92 Å². The molecule has 0 saturated heterocycles. The van der Waals surface area contributed by atoms with Crippen LogP contribution in [0.2, 0.25) is 0 Å². The second-order valence-electron chi connectivity index (χ2n) is 5.95. The normalized spacial score (nSPS) is 24.4. The van der Waals surface area contributed by atoms with Crippen molar-refractivity contribution in [3.8, 4) is 0 Å². The predicted octanol–water partition coefficient (Wildman–Crippen LogP) is 2.88. The summed E-state index contributed by atoms with van der Waals surface area (Å²) in [5.41, 5.74) is 0.669. The molecule has 1 aliphatic rings. The Hall–Kier alpha value is -1.06. The molecule has 1 aliphatic carbocycles. The number of hydrogen-bond donors (Lipinski definition) is 0. The van der Waals surface area contributed by atoms with E-state index in [1.54, 1.807) is 0 Å². The number of halogens is 1. The van der Waals surface area contributed by atoms with Gasteiger partial charge in [-0.3, -0.25) is 4.79 Å². The van der Waals surface area contributed by atoms with E-state index in [-0.39, 0.29) is 24.5 Å². The van der Waals surface area contributed by atoms with E-state index in [2.05, 4.69) is 4.90 Å². The van der Waals surface area contributed by atoms with E-state index in [4.69, 9.17) is 4.74 Å². The molecule has 112 valence electrons. The second kappa shape index (κ2) is 6.59. The minimum absolute atomic E-state index is 0. The van der Waals surface area contributed by atoms with Gasteiger partial charge in [0.1, 0.15) is 0 Å². The van der Waals surface area contributed by atoms with Gasteiger partial charge < -0.3 is 9.64 Å². The first-order valence-electron chi connectivity index (χ1n) is 6.88. The molecule has 3 nitrogen and oxygen atoms in total. The van der Waals surface area contributed by atoms with E-state index < -0.39 is 5.41 Å². The van der Waals surface area contributed by atoms with Crippen LogP contribution in [0.5, 0.6) is 0 Å². The molecule has 1 unspecified atom stereocenters. The molecule has 4 heteroatoms. The van der Waals surface area contributed by atoms with Gasteiger partial charge in [0, 0.05) is 6.54 Å². The summed E-state index contributed by atoms with van der Waals surface area (Å²) in [4.78, 5) is 14.6. The van der Waals surface area contributed by atoms with Crippen molar-refractivity contribution in [2.45, 2.75) is 31.8 Å². The second-order valence-corrected chi connectivity index (χ2v) is 5.95. The number of carbonyl (C=O) groups is 1. The third kappa shape index (κ3) is 3.33. The quantitative estimate of drug-likeness (QED) is 0.783. The van der Waals surface area contributed by atoms with Crippen LogP contribution < -0.4 is 0 Å². The molecule has 0 aliphatic heterocycles. The van der Waals surface area contributed by atoms with Crippen LogP contribution in [-0.4, -0.2) is 37.6 Å². The molecule has 0 aromatic heterocycles. The highest BCUT2D eigenvalue weighted by molar-refractivity contribution is 5.87. The maximum absolute atomic E-state index is 12.5. The van der Waals surface area contributed by atoms with Crippen molar-refractivity contribution in [3.63, 3.8) is 0 Å². The first kappa shape index (κ1) is 17.0. The lowest BCUT2D eigenvalue weighted by Crippen LogP contribution is -2.30.